The van der Waals surface area contributed by atoms with E-state index in [0.29, 0.717) is 6.04 Å². The van der Waals surface area contributed by atoms with Crippen molar-refractivity contribution in [2.24, 2.45) is 0 Å². The van der Waals surface area contributed by atoms with E-state index in [4.69, 9.17) is 4.74 Å². The van der Waals surface area contributed by atoms with Crippen LogP contribution in [0.1, 0.15) is 23.8 Å². The van der Waals surface area contributed by atoms with E-state index < -0.39 is 0 Å². The SMILES string of the molecule is COCCCNCC(C)N1CCc2sccc2C1. The van der Waals surface area contributed by atoms with Crippen LogP contribution in [0.4, 0.5) is 0 Å². The Kier molecular flexibility index (Phi) is 5.63. The summed E-state index contributed by atoms with van der Waals surface area (Å²) in [6.45, 7) is 7.62. The molecule has 1 aliphatic rings. The number of hydrogen-bond acceptors (Lipinski definition) is 4. The Bertz CT molecular complexity index is 353. The van der Waals surface area contributed by atoms with Gasteiger partial charge < -0.3 is 10.1 Å². The number of hydrogen-bond donors (Lipinski definition) is 1. The van der Waals surface area contributed by atoms with Gasteiger partial charge >= 0.3 is 0 Å². The summed E-state index contributed by atoms with van der Waals surface area (Å²) >= 11 is 1.91. The second-order valence-corrected chi connectivity index (χ2v) is 5.99. The third-order valence-corrected chi connectivity index (χ3v) is 4.63. The van der Waals surface area contributed by atoms with E-state index in [1.807, 2.05) is 11.3 Å². The van der Waals surface area contributed by atoms with Gasteiger partial charge in [0.2, 0.25) is 0 Å². The molecule has 1 aromatic rings. The fourth-order valence-electron chi connectivity index (χ4n) is 2.43. The van der Waals surface area contributed by atoms with Crippen molar-refractivity contribution in [3.05, 3.63) is 21.9 Å². The molecule has 0 saturated heterocycles. The highest BCUT2D eigenvalue weighted by molar-refractivity contribution is 7.10. The van der Waals surface area contributed by atoms with Crippen molar-refractivity contribution in [3.63, 3.8) is 0 Å². The molecule has 2 heterocycles. The van der Waals surface area contributed by atoms with Crippen molar-refractivity contribution in [3.8, 4) is 0 Å². The van der Waals surface area contributed by atoms with Crippen LogP contribution in [0.15, 0.2) is 11.4 Å². The van der Waals surface area contributed by atoms with E-state index in [2.05, 4.69) is 28.6 Å². The van der Waals surface area contributed by atoms with E-state index in [1.54, 1.807) is 12.0 Å². The second kappa shape index (κ2) is 7.24. The number of fused-ring (bicyclic) bond motifs is 1. The monoisotopic (exact) mass is 268 g/mol. The highest BCUT2D eigenvalue weighted by atomic mass is 32.1. The van der Waals surface area contributed by atoms with Crippen LogP contribution in [-0.4, -0.2) is 44.3 Å². The number of ether oxygens (including phenoxy) is 1. The maximum atomic E-state index is 5.05. The average molecular weight is 268 g/mol. The van der Waals surface area contributed by atoms with Crippen molar-refractivity contribution < 1.29 is 4.74 Å². The summed E-state index contributed by atoms with van der Waals surface area (Å²) in [6, 6.07) is 2.89. The van der Waals surface area contributed by atoms with Gasteiger partial charge in [-0.3, -0.25) is 4.90 Å². The van der Waals surface area contributed by atoms with Crippen LogP contribution in [0.5, 0.6) is 0 Å². The van der Waals surface area contributed by atoms with Gasteiger partial charge in [-0.25, -0.2) is 0 Å². The summed E-state index contributed by atoms with van der Waals surface area (Å²) in [4.78, 5) is 4.17. The lowest BCUT2D eigenvalue weighted by atomic mass is 10.1. The van der Waals surface area contributed by atoms with Gasteiger partial charge in [-0.1, -0.05) is 0 Å². The van der Waals surface area contributed by atoms with Gasteiger partial charge in [0.05, 0.1) is 0 Å². The standard InChI is InChI=1S/C14H24N2OS/c1-12(10-15-6-3-8-17-2)16-7-4-14-13(11-16)5-9-18-14/h5,9,12,15H,3-4,6-8,10-11H2,1-2H3. The Hall–Kier alpha value is -0.420. The zero-order valence-electron chi connectivity index (χ0n) is 11.4. The zero-order valence-corrected chi connectivity index (χ0v) is 12.3. The predicted molar refractivity (Wildman–Crippen MR) is 77.3 cm³/mol. The summed E-state index contributed by atoms with van der Waals surface area (Å²) in [5, 5.41) is 5.74. The fraction of sp³-hybridized carbons (Fsp3) is 0.714. The second-order valence-electron chi connectivity index (χ2n) is 4.99. The van der Waals surface area contributed by atoms with Crippen molar-refractivity contribution in [2.75, 3.05) is 33.4 Å². The number of rotatable bonds is 7. The molecule has 0 spiro atoms. The molecule has 0 bridgehead atoms. The third kappa shape index (κ3) is 3.79. The first kappa shape index (κ1) is 14.0. The number of methoxy groups -OCH3 is 1. The Balaban J connectivity index is 1.69. The van der Waals surface area contributed by atoms with Crippen LogP contribution in [0.2, 0.25) is 0 Å². The maximum Gasteiger partial charge on any atom is 0.0474 e. The Morgan fingerprint density at radius 3 is 3.28 bits per heavy atom. The van der Waals surface area contributed by atoms with Gasteiger partial charge in [0, 0.05) is 44.3 Å². The van der Waals surface area contributed by atoms with Crippen LogP contribution >= 0.6 is 11.3 Å². The molecule has 0 amide bonds. The topological polar surface area (TPSA) is 24.5 Å². The van der Waals surface area contributed by atoms with E-state index in [1.165, 1.54) is 18.5 Å². The van der Waals surface area contributed by atoms with Crippen LogP contribution < -0.4 is 5.32 Å². The first-order valence-corrected chi connectivity index (χ1v) is 7.68. The van der Waals surface area contributed by atoms with Crippen LogP contribution in [-0.2, 0) is 17.7 Å². The van der Waals surface area contributed by atoms with Crippen molar-refractivity contribution in [1.82, 2.24) is 10.2 Å². The largest absolute Gasteiger partial charge is 0.385 e. The molecule has 0 radical (unpaired) electrons. The molecule has 0 aromatic carbocycles. The minimum absolute atomic E-state index is 0.612. The molecule has 1 N–H and O–H groups in total. The molecule has 2 rings (SSSR count). The van der Waals surface area contributed by atoms with Crippen LogP contribution in [0.3, 0.4) is 0 Å². The van der Waals surface area contributed by atoms with Gasteiger partial charge in [0.15, 0.2) is 0 Å². The Labute approximate surface area is 114 Å². The molecule has 0 saturated carbocycles. The lowest BCUT2D eigenvalue weighted by molar-refractivity contribution is 0.180. The lowest BCUT2D eigenvalue weighted by Crippen LogP contribution is -2.43. The molecular formula is C14H24N2OS. The number of nitrogens with one attached hydrogen (secondary N) is 1. The quantitative estimate of drug-likeness (QED) is 0.767. The van der Waals surface area contributed by atoms with Gasteiger partial charge in [-0.15, -0.1) is 11.3 Å². The van der Waals surface area contributed by atoms with E-state index in [9.17, 15) is 0 Å². The minimum atomic E-state index is 0.612. The molecule has 1 aliphatic heterocycles. The molecular weight excluding hydrogens is 244 g/mol. The van der Waals surface area contributed by atoms with Crippen molar-refractivity contribution >= 4 is 11.3 Å². The molecule has 1 aromatic heterocycles. The molecule has 1 atom stereocenters. The normalized spacial score (nSPS) is 17.7. The van der Waals surface area contributed by atoms with E-state index in [-0.39, 0.29) is 0 Å². The zero-order chi connectivity index (χ0) is 12.8. The number of thiophene rings is 1. The summed E-state index contributed by atoms with van der Waals surface area (Å²) in [6.07, 6.45) is 2.32. The van der Waals surface area contributed by atoms with Crippen molar-refractivity contribution in [1.29, 1.82) is 0 Å². The third-order valence-electron chi connectivity index (χ3n) is 3.60. The van der Waals surface area contributed by atoms with Crippen molar-refractivity contribution in [2.45, 2.75) is 32.4 Å². The molecule has 18 heavy (non-hydrogen) atoms. The van der Waals surface area contributed by atoms with Gasteiger partial charge in [-0.05, 0) is 43.3 Å². The Morgan fingerprint density at radius 2 is 2.44 bits per heavy atom. The summed E-state index contributed by atoms with van der Waals surface area (Å²) in [5.74, 6) is 0. The average Bonchev–Trinajstić information content (AvgIpc) is 2.85. The maximum absolute atomic E-state index is 5.05. The van der Waals surface area contributed by atoms with Crippen LogP contribution in [0.25, 0.3) is 0 Å². The molecule has 4 heteroatoms. The summed E-state index contributed by atoms with van der Waals surface area (Å²) < 4.78 is 5.05. The molecule has 0 aliphatic carbocycles. The fourth-order valence-corrected chi connectivity index (χ4v) is 3.32. The number of nitrogens with zero attached hydrogens (tertiary/aromatic N) is 1. The molecule has 0 fully saturated rings. The van der Waals surface area contributed by atoms with E-state index >= 15 is 0 Å². The highest BCUT2D eigenvalue weighted by Crippen LogP contribution is 2.24. The summed E-state index contributed by atoms with van der Waals surface area (Å²) in [5.41, 5.74) is 1.54. The Morgan fingerprint density at radius 1 is 1.56 bits per heavy atom. The van der Waals surface area contributed by atoms with Gasteiger partial charge in [-0.2, -0.15) is 0 Å². The van der Waals surface area contributed by atoms with Crippen LogP contribution in [0, 0.1) is 0 Å². The first-order chi connectivity index (χ1) is 8.81. The molecule has 3 nitrogen and oxygen atoms in total. The smallest absolute Gasteiger partial charge is 0.0474 e. The molecule has 102 valence electrons. The minimum Gasteiger partial charge on any atom is -0.385 e. The predicted octanol–water partition coefficient (Wildman–Crippen LogP) is 2.12. The summed E-state index contributed by atoms with van der Waals surface area (Å²) in [7, 11) is 1.76. The lowest BCUT2D eigenvalue weighted by Gasteiger charge is -2.32. The highest BCUT2D eigenvalue weighted by Gasteiger charge is 2.20. The molecule has 1 unspecified atom stereocenters. The van der Waals surface area contributed by atoms with Gasteiger partial charge in [0.25, 0.3) is 0 Å². The van der Waals surface area contributed by atoms with E-state index in [0.717, 1.165) is 32.7 Å². The first-order valence-electron chi connectivity index (χ1n) is 6.80. The van der Waals surface area contributed by atoms with Gasteiger partial charge in [0.1, 0.15) is 0 Å².